The summed E-state index contributed by atoms with van der Waals surface area (Å²) in [6, 6.07) is 7.21. The Morgan fingerprint density at radius 3 is 2.71 bits per heavy atom. The van der Waals surface area contributed by atoms with Gasteiger partial charge in [-0.25, -0.2) is 4.98 Å². The van der Waals surface area contributed by atoms with Crippen molar-refractivity contribution in [2.24, 2.45) is 0 Å². The fraction of sp³-hybridized carbons (Fsp3) is 0.350. The molecular weight excluding hydrogens is 415 g/mol. The lowest BCUT2D eigenvalue weighted by atomic mass is 9.82. The van der Waals surface area contributed by atoms with Crippen molar-refractivity contribution in [3.05, 3.63) is 60.2 Å². The van der Waals surface area contributed by atoms with Gasteiger partial charge in [-0.05, 0) is 31.4 Å². The Labute approximate surface area is 174 Å². The van der Waals surface area contributed by atoms with Gasteiger partial charge < -0.3 is 9.73 Å². The van der Waals surface area contributed by atoms with Crippen LogP contribution in [0.4, 0.5) is 13.2 Å². The number of amides is 1. The lowest BCUT2D eigenvalue weighted by molar-refractivity contribution is -0.352. The van der Waals surface area contributed by atoms with Crippen LogP contribution in [0.5, 0.6) is 0 Å². The molecule has 162 valence electrons. The summed E-state index contributed by atoms with van der Waals surface area (Å²) >= 11 is 0. The topological polar surface area (TPSA) is 103 Å². The van der Waals surface area contributed by atoms with Crippen LogP contribution in [0.25, 0.3) is 11.0 Å². The molecule has 31 heavy (non-hydrogen) atoms. The highest BCUT2D eigenvalue weighted by molar-refractivity contribution is 5.94. The monoisotopic (exact) mass is 433 g/mol. The zero-order valence-electron chi connectivity index (χ0n) is 16.2. The van der Waals surface area contributed by atoms with Gasteiger partial charge in [-0.15, -0.1) is 23.4 Å². The van der Waals surface area contributed by atoms with E-state index >= 15 is 0 Å². The number of hydrogen-bond donors (Lipinski definition) is 1. The molecule has 1 aromatic carbocycles. The molecule has 1 N–H and O–H groups in total. The highest BCUT2D eigenvalue weighted by atomic mass is 19.4. The number of benzene rings is 1. The van der Waals surface area contributed by atoms with E-state index in [1.54, 1.807) is 12.1 Å². The number of carbonyl (C=O) groups excluding carboxylic acids is 1. The number of allylic oxidation sites excluding steroid dienone is 1. The molecule has 2 heterocycles. The Bertz CT molecular complexity index is 1110. The number of halogens is 3. The smallest absolute Gasteiger partial charge is 0.425 e. The molecule has 0 unspecified atom stereocenters. The Morgan fingerprint density at radius 2 is 1.97 bits per heavy atom. The number of fused-ring (bicyclic) bond motifs is 1. The summed E-state index contributed by atoms with van der Waals surface area (Å²) in [7, 11) is 0. The van der Waals surface area contributed by atoms with Crippen molar-refractivity contribution in [3.63, 3.8) is 0 Å². The molecule has 8 nitrogen and oxygen atoms in total. The summed E-state index contributed by atoms with van der Waals surface area (Å²) in [6.07, 6.45) is -3.10. The standard InChI is InChI=1S/C20H18F3N5O3/c1-11(25-18(29)16-10-24-14-4-2-3-5-15(14)26-16)6-7-17-27-28-19(30-17)12-8-13(9-12)31-20(21,22)23/h2-5,10,12-13H,1,6-9H2,(H,25,29). The molecule has 0 bridgehead atoms. The van der Waals surface area contributed by atoms with E-state index in [-0.39, 0.29) is 30.3 Å². The van der Waals surface area contributed by atoms with Gasteiger partial charge in [-0.1, -0.05) is 18.7 Å². The maximum absolute atomic E-state index is 12.4. The van der Waals surface area contributed by atoms with E-state index in [9.17, 15) is 18.0 Å². The van der Waals surface area contributed by atoms with E-state index in [0.29, 0.717) is 35.5 Å². The summed E-state index contributed by atoms with van der Waals surface area (Å²) in [5.74, 6) is -0.0724. The molecule has 0 saturated heterocycles. The number of nitrogens with one attached hydrogen (secondary N) is 1. The molecule has 3 aromatic rings. The maximum Gasteiger partial charge on any atom is 0.522 e. The Hall–Kier alpha value is -3.34. The second-order valence-electron chi connectivity index (χ2n) is 7.19. The Morgan fingerprint density at radius 1 is 1.23 bits per heavy atom. The molecule has 0 spiro atoms. The van der Waals surface area contributed by atoms with Crippen molar-refractivity contribution < 1.29 is 27.1 Å². The highest BCUT2D eigenvalue weighted by Crippen LogP contribution is 2.40. The van der Waals surface area contributed by atoms with Crippen LogP contribution < -0.4 is 5.32 Å². The van der Waals surface area contributed by atoms with Crippen molar-refractivity contribution in [1.82, 2.24) is 25.5 Å². The van der Waals surface area contributed by atoms with Crippen molar-refractivity contribution in [3.8, 4) is 0 Å². The zero-order chi connectivity index (χ0) is 22.0. The Kier molecular flexibility index (Phi) is 5.68. The minimum Gasteiger partial charge on any atom is -0.425 e. The third kappa shape index (κ3) is 5.23. The second kappa shape index (κ2) is 8.42. The summed E-state index contributed by atoms with van der Waals surface area (Å²) in [6.45, 7) is 3.82. The van der Waals surface area contributed by atoms with Crippen LogP contribution >= 0.6 is 0 Å². The number of rotatable bonds is 7. The van der Waals surface area contributed by atoms with Gasteiger partial charge in [-0.2, -0.15) is 0 Å². The minimum atomic E-state index is -4.64. The van der Waals surface area contributed by atoms with Gasteiger partial charge in [0.25, 0.3) is 5.91 Å². The predicted octanol–water partition coefficient (Wildman–Crippen LogP) is 3.67. The molecule has 0 atom stereocenters. The quantitative estimate of drug-likeness (QED) is 0.606. The molecule has 11 heteroatoms. The zero-order valence-corrected chi connectivity index (χ0v) is 16.2. The average molecular weight is 433 g/mol. The SMILES string of the molecule is C=C(CCc1nnc(C2CC(OC(F)(F)F)C2)o1)NC(=O)c1cnc2ccccc2n1. The van der Waals surface area contributed by atoms with Gasteiger partial charge in [0.2, 0.25) is 11.8 Å². The van der Waals surface area contributed by atoms with E-state index in [2.05, 4.69) is 36.8 Å². The third-order valence-electron chi connectivity index (χ3n) is 4.84. The maximum atomic E-state index is 12.4. The van der Waals surface area contributed by atoms with Gasteiger partial charge in [0.15, 0.2) is 0 Å². The van der Waals surface area contributed by atoms with Crippen molar-refractivity contribution >= 4 is 16.9 Å². The molecule has 1 aliphatic carbocycles. The van der Waals surface area contributed by atoms with Gasteiger partial charge >= 0.3 is 6.36 Å². The molecule has 1 aliphatic rings. The number of carbonyl (C=O) groups is 1. The summed E-state index contributed by atoms with van der Waals surface area (Å²) in [5, 5.41) is 10.5. The predicted molar refractivity (Wildman–Crippen MR) is 102 cm³/mol. The van der Waals surface area contributed by atoms with Crippen LogP contribution in [-0.4, -0.2) is 38.5 Å². The fourth-order valence-electron chi connectivity index (χ4n) is 3.20. The first-order chi connectivity index (χ1) is 14.8. The first-order valence-electron chi connectivity index (χ1n) is 9.54. The third-order valence-corrected chi connectivity index (χ3v) is 4.84. The molecule has 1 amide bonds. The molecule has 2 aromatic heterocycles. The van der Waals surface area contributed by atoms with Crippen molar-refractivity contribution in [1.29, 1.82) is 0 Å². The first-order valence-corrected chi connectivity index (χ1v) is 9.54. The second-order valence-corrected chi connectivity index (χ2v) is 7.19. The van der Waals surface area contributed by atoms with Crippen LogP contribution in [0.1, 0.15) is 47.5 Å². The van der Waals surface area contributed by atoms with Crippen LogP contribution in [0.15, 0.2) is 47.2 Å². The minimum absolute atomic E-state index is 0.167. The lowest BCUT2D eigenvalue weighted by Crippen LogP contribution is -2.34. The van der Waals surface area contributed by atoms with Gasteiger partial charge in [0, 0.05) is 18.0 Å². The number of hydrogen-bond acceptors (Lipinski definition) is 7. The van der Waals surface area contributed by atoms with Gasteiger partial charge in [0.05, 0.1) is 23.3 Å². The van der Waals surface area contributed by atoms with E-state index in [0.717, 1.165) is 0 Å². The van der Waals surface area contributed by atoms with E-state index < -0.39 is 18.4 Å². The molecule has 0 radical (unpaired) electrons. The van der Waals surface area contributed by atoms with Crippen molar-refractivity contribution in [2.45, 2.75) is 44.1 Å². The molecule has 1 saturated carbocycles. The number of aromatic nitrogens is 4. The van der Waals surface area contributed by atoms with Crippen LogP contribution in [0.3, 0.4) is 0 Å². The molecule has 1 fully saturated rings. The van der Waals surface area contributed by atoms with Gasteiger partial charge in [-0.3, -0.25) is 14.5 Å². The number of ether oxygens (including phenoxy) is 1. The first kappa shape index (κ1) is 20.9. The summed E-state index contributed by atoms with van der Waals surface area (Å²) < 4.78 is 46.0. The number of nitrogens with zero attached hydrogens (tertiary/aromatic N) is 4. The van der Waals surface area contributed by atoms with E-state index in [4.69, 9.17) is 4.42 Å². The number of alkyl halides is 3. The van der Waals surface area contributed by atoms with Crippen LogP contribution in [-0.2, 0) is 11.2 Å². The van der Waals surface area contributed by atoms with E-state index in [1.165, 1.54) is 6.20 Å². The van der Waals surface area contributed by atoms with Gasteiger partial charge in [0.1, 0.15) is 5.69 Å². The highest BCUT2D eigenvalue weighted by Gasteiger charge is 2.42. The molecule has 4 rings (SSSR count). The summed E-state index contributed by atoms with van der Waals surface area (Å²) in [5.41, 5.74) is 1.90. The number of para-hydroxylation sites is 2. The van der Waals surface area contributed by atoms with Crippen molar-refractivity contribution in [2.75, 3.05) is 0 Å². The number of aryl methyl sites for hydroxylation is 1. The molecule has 0 aliphatic heterocycles. The van der Waals surface area contributed by atoms with E-state index in [1.807, 2.05) is 12.1 Å². The normalized spacial score (nSPS) is 18.5. The molecular formula is C20H18F3N5O3. The van der Waals surface area contributed by atoms with Crippen LogP contribution in [0, 0.1) is 0 Å². The fourth-order valence-corrected chi connectivity index (χ4v) is 3.20. The average Bonchev–Trinajstić information content (AvgIpc) is 3.16. The largest absolute Gasteiger partial charge is 0.522 e. The summed E-state index contributed by atoms with van der Waals surface area (Å²) in [4.78, 5) is 20.8. The Balaban J connectivity index is 1.25. The van der Waals surface area contributed by atoms with Crippen LogP contribution in [0.2, 0.25) is 0 Å². The lowest BCUT2D eigenvalue weighted by Gasteiger charge is -2.32.